The molecule has 2 heterocycles. The lowest BCUT2D eigenvalue weighted by molar-refractivity contribution is 0.102. The van der Waals surface area contributed by atoms with Crippen molar-refractivity contribution in [1.29, 1.82) is 0 Å². The summed E-state index contributed by atoms with van der Waals surface area (Å²) in [6, 6.07) is 9.47. The van der Waals surface area contributed by atoms with Crippen molar-refractivity contribution in [1.82, 2.24) is 9.97 Å². The third-order valence-corrected chi connectivity index (χ3v) is 4.42. The van der Waals surface area contributed by atoms with E-state index in [-0.39, 0.29) is 10.6 Å². The normalized spacial score (nSPS) is 10.6. The average molecular weight is 348 g/mol. The fraction of sp³-hybridized carbons (Fsp3) is 0.0625. The van der Waals surface area contributed by atoms with Crippen LogP contribution in [0.1, 0.15) is 16.1 Å². The molecule has 23 heavy (non-hydrogen) atoms. The van der Waals surface area contributed by atoms with Gasteiger partial charge in [-0.3, -0.25) is 15.1 Å². The van der Waals surface area contributed by atoms with Gasteiger partial charge in [0, 0.05) is 11.2 Å². The van der Waals surface area contributed by atoms with E-state index >= 15 is 0 Å². The smallest absolute Gasteiger partial charge is 0.260 e. The Morgan fingerprint density at radius 3 is 2.83 bits per heavy atom. The lowest BCUT2D eigenvalue weighted by Gasteiger charge is -2.03. The van der Waals surface area contributed by atoms with Crippen LogP contribution in [0.3, 0.4) is 0 Å². The minimum Gasteiger partial charge on any atom is -0.298 e. The fourth-order valence-corrected chi connectivity index (χ4v) is 3.12. The van der Waals surface area contributed by atoms with Crippen LogP contribution in [0.5, 0.6) is 0 Å². The highest BCUT2D eigenvalue weighted by Crippen LogP contribution is 2.31. The van der Waals surface area contributed by atoms with Gasteiger partial charge in [-0.1, -0.05) is 29.0 Å². The second-order valence-electron chi connectivity index (χ2n) is 4.73. The summed E-state index contributed by atoms with van der Waals surface area (Å²) >= 11 is 6.98. The Balaban J connectivity index is 1.85. The van der Waals surface area contributed by atoms with Crippen LogP contribution < -0.4 is 5.32 Å². The van der Waals surface area contributed by atoms with Gasteiger partial charge in [0.15, 0.2) is 5.13 Å². The summed E-state index contributed by atoms with van der Waals surface area (Å²) in [6.07, 6.45) is 1.69. The van der Waals surface area contributed by atoms with Crippen molar-refractivity contribution in [3.05, 3.63) is 64.7 Å². The van der Waals surface area contributed by atoms with Crippen LogP contribution in [0.2, 0.25) is 5.02 Å². The largest absolute Gasteiger partial charge is 0.298 e. The van der Waals surface area contributed by atoms with Crippen molar-refractivity contribution in [2.24, 2.45) is 0 Å². The van der Waals surface area contributed by atoms with Gasteiger partial charge in [0.2, 0.25) is 0 Å². The number of hydrogen-bond donors (Lipinski definition) is 1. The predicted octanol–water partition coefficient (Wildman–Crippen LogP) is 4.56. The van der Waals surface area contributed by atoms with Gasteiger partial charge in [-0.15, -0.1) is 0 Å². The molecule has 0 bridgehead atoms. The Morgan fingerprint density at radius 1 is 1.30 bits per heavy atom. The maximum atomic E-state index is 13.8. The molecule has 3 rings (SSSR count). The van der Waals surface area contributed by atoms with Crippen molar-refractivity contribution in [3.8, 4) is 10.6 Å². The van der Waals surface area contributed by atoms with Crippen molar-refractivity contribution in [2.45, 2.75) is 6.92 Å². The van der Waals surface area contributed by atoms with Gasteiger partial charge in [0.1, 0.15) is 5.82 Å². The molecule has 0 spiro atoms. The number of benzene rings is 1. The summed E-state index contributed by atoms with van der Waals surface area (Å²) in [4.78, 5) is 21.6. The molecule has 0 fully saturated rings. The average Bonchev–Trinajstić information content (AvgIpc) is 2.88. The standard InChI is InChI=1S/C16H11ClFN3OS/c1-9-14(13-4-2-3-7-19-13)23-16(20-9)21-15(22)11-6-5-10(17)8-12(11)18/h2-8H,1H3,(H,20,21,22). The molecular weight excluding hydrogens is 337 g/mol. The summed E-state index contributed by atoms with van der Waals surface area (Å²) in [5.74, 6) is -1.24. The third kappa shape index (κ3) is 3.38. The summed E-state index contributed by atoms with van der Waals surface area (Å²) < 4.78 is 13.8. The Kier molecular flexibility index (Phi) is 4.36. The Morgan fingerprint density at radius 2 is 2.13 bits per heavy atom. The molecule has 4 nitrogen and oxygen atoms in total. The number of anilines is 1. The van der Waals surface area contributed by atoms with E-state index in [1.807, 2.05) is 25.1 Å². The molecule has 2 aromatic heterocycles. The second kappa shape index (κ2) is 6.44. The van der Waals surface area contributed by atoms with E-state index in [1.165, 1.54) is 23.5 Å². The predicted molar refractivity (Wildman–Crippen MR) is 89.4 cm³/mol. The molecule has 0 aliphatic rings. The van der Waals surface area contributed by atoms with Gasteiger partial charge >= 0.3 is 0 Å². The first-order valence-electron chi connectivity index (χ1n) is 6.70. The highest BCUT2D eigenvalue weighted by Gasteiger charge is 2.16. The van der Waals surface area contributed by atoms with E-state index in [9.17, 15) is 9.18 Å². The lowest BCUT2D eigenvalue weighted by atomic mass is 10.2. The first-order chi connectivity index (χ1) is 11.0. The van der Waals surface area contributed by atoms with Crippen LogP contribution in [0.4, 0.5) is 9.52 Å². The topological polar surface area (TPSA) is 54.9 Å². The molecule has 0 radical (unpaired) electrons. The molecule has 116 valence electrons. The third-order valence-electron chi connectivity index (χ3n) is 3.09. The Labute approximate surface area is 141 Å². The SMILES string of the molecule is Cc1nc(NC(=O)c2ccc(Cl)cc2F)sc1-c1ccccn1. The maximum Gasteiger partial charge on any atom is 0.260 e. The second-order valence-corrected chi connectivity index (χ2v) is 6.16. The zero-order valence-corrected chi connectivity index (χ0v) is 13.6. The molecule has 1 N–H and O–H groups in total. The van der Waals surface area contributed by atoms with Gasteiger partial charge in [-0.2, -0.15) is 0 Å². The van der Waals surface area contributed by atoms with E-state index in [1.54, 1.807) is 6.20 Å². The number of rotatable bonds is 3. The number of amides is 1. The zero-order valence-electron chi connectivity index (χ0n) is 12.0. The van der Waals surface area contributed by atoms with Crippen molar-refractivity contribution >= 4 is 34.0 Å². The number of hydrogen-bond acceptors (Lipinski definition) is 4. The van der Waals surface area contributed by atoms with Crippen molar-refractivity contribution in [3.63, 3.8) is 0 Å². The van der Waals surface area contributed by atoms with Gasteiger partial charge in [0.05, 0.1) is 21.8 Å². The highest BCUT2D eigenvalue weighted by atomic mass is 35.5. The van der Waals surface area contributed by atoms with Crippen LogP contribution in [0, 0.1) is 12.7 Å². The number of aromatic nitrogens is 2. The fourth-order valence-electron chi connectivity index (χ4n) is 2.02. The maximum absolute atomic E-state index is 13.8. The number of nitrogens with one attached hydrogen (secondary N) is 1. The van der Waals surface area contributed by atoms with Gasteiger partial charge < -0.3 is 0 Å². The number of aryl methyl sites for hydroxylation is 1. The summed E-state index contributed by atoms with van der Waals surface area (Å²) in [6.45, 7) is 1.83. The van der Waals surface area contributed by atoms with E-state index in [4.69, 9.17) is 11.6 Å². The quantitative estimate of drug-likeness (QED) is 0.755. The number of carbonyl (C=O) groups is 1. The van der Waals surface area contributed by atoms with Crippen LogP contribution >= 0.6 is 22.9 Å². The zero-order chi connectivity index (χ0) is 16.4. The molecule has 0 saturated heterocycles. The summed E-state index contributed by atoms with van der Waals surface area (Å²) in [5.41, 5.74) is 1.45. The van der Waals surface area contributed by atoms with Crippen LogP contribution in [-0.2, 0) is 0 Å². The van der Waals surface area contributed by atoms with Crippen LogP contribution in [0.15, 0.2) is 42.6 Å². The molecule has 1 aromatic carbocycles. The molecule has 0 atom stereocenters. The van der Waals surface area contributed by atoms with Gasteiger partial charge in [-0.05, 0) is 37.3 Å². The number of carbonyl (C=O) groups excluding carboxylic acids is 1. The molecular formula is C16H11ClFN3OS. The minimum absolute atomic E-state index is 0.0818. The first kappa shape index (κ1) is 15.6. The van der Waals surface area contributed by atoms with Crippen LogP contribution in [0.25, 0.3) is 10.6 Å². The Hall–Kier alpha value is -2.31. The van der Waals surface area contributed by atoms with Gasteiger partial charge in [0.25, 0.3) is 5.91 Å². The molecule has 0 unspecified atom stereocenters. The number of thiazole rings is 1. The van der Waals surface area contributed by atoms with E-state index < -0.39 is 11.7 Å². The van der Waals surface area contributed by atoms with Gasteiger partial charge in [-0.25, -0.2) is 9.37 Å². The molecule has 7 heteroatoms. The molecule has 0 saturated carbocycles. The van der Waals surface area contributed by atoms with E-state index in [2.05, 4.69) is 15.3 Å². The van der Waals surface area contributed by atoms with E-state index in [0.717, 1.165) is 22.3 Å². The number of halogens is 2. The minimum atomic E-state index is -0.673. The highest BCUT2D eigenvalue weighted by molar-refractivity contribution is 7.19. The number of pyridine rings is 1. The van der Waals surface area contributed by atoms with Crippen molar-refractivity contribution < 1.29 is 9.18 Å². The molecule has 1 amide bonds. The monoisotopic (exact) mass is 347 g/mol. The lowest BCUT2D eigenvalue weighted by Crippen LogP contribution is -2.13. The summed E-state index contributed by atoms with van der Waals surface area (Å²) in [7, 11) is 0. The van der Waals surface area contributed by atoms with E-state index in [0.29, 0.717) is 5.13 Å². The molecule has 0 aliphatic carbocycles. The molecule has 0 aliphatic heterocycles. The Bertz CT molecular complexity index is 867. The summed E-state index contributed by atoms with van der Waals surface area (Å²) in [5, 5.41) is 3.24. The van der Waals surface area contributed by atoms with Crippen molar-refractivity contribution in [2.75, 3.05) is 5.32 Å². The van der Waals surface area contributed by atoms with Crippen LogP contribution in [-0.4, -0.2) is 15.9 Å². The first-order valence-corrected chi connectivity index (χ1v) is 7.89. The molecule has 3 aromatic rings. The number of nitrogens with zero attached hydrogens (tertiary/aromatic N) is 2.